The summed E-state index contributed by atoms with van der Waals surface area (Å²) in [6.45, 7) is 5.11. The van der Waals surface area contributed by atoms with Gasteiger partial charge >= 0.3 is 0 Å². The lowest BCUT2D eigenvalue weighted by atomic mass is 10.1. The van der Waals surface area contributed by atoms with Gasteiger partial charge in [0.05, 0.1) is 10.4 Å². The van der Waals surface area contributed by atoms with Crippen molar-refractivity contribution in [2.45, 2.75) is 26.2 Å². The van der Waals surface area contributed by atoms with Crippen LogP contribution in [0.5, 0.6) is 0 Å². The minimum Gasteiger partial charge on any atom is -0.371 e. The number of carbonyl (C=O) groups excluding carboxylic acids is 2. The SMILES string of the molecule is Cc1ccc(N2CCCC2)c(C(=O)NCCCNC(=O)c2cccs2)c1. The fourth-order valence-electron chi connectivity index (χ4n) is 3.15. The van der Waals surface area contributed by atoms with E-state index in [4.69, 9.17) is 0 Å². The van der Waals surface area contributed by atoms with E-state index < -0.39 is 0 Å². The predicted octanol–water partition coefficient (Wildman–Crippen LogP) is 3.21. The first-order chi connectivity index (χ1) is 12.6. The Kier molecular flexibility index (Phi) is 6.28. The summed E-state index contributed by atoms with van der Waals surface area (Å²) in [4.78, 5) is 27.5. The maximum Gasteiger partial charge on any atom is 0.261 e. The lowest BCUT2D eigenvalue weighted by molar-refractivity contribution is 0.0953. The van der Waals surface area contributed by atoms with Crippen LogP contribution in [0.25, 0.3) is 0 Å². The first-order valence-corrected chi connectivity index (χ1v) is 9.98. The molecule has 0 bridgehead atoms. The molecule has 1 fully saturated rings. The molecule has 0 radical (unpaired) electrons. The number of hydrogen-bond acceptors (Lipinski definition) is 4. The summed E-state index contributed by atoms with van der Waals surface area (Å²) in [5, 5.41) is 7.74. The van der Waals surface area contributed by atoms with E-state index in [1.807, 2.05) is 24.4 Å². The summed E-state index contributed by atoms with van der Waals surface area (Å²) in [7, 11) is 0. The number of carbonyl (C=O) groups is 2. The van der Waals surface area contributed by atoms with Crippen LogP contribution in [0.1, 0.15) is 44.9 Å². The van der Waals surface area contributed by atoms with E-state index in [2.05, 4.69) is 27.7 Å². The molecule has 2 amide bonds. The molecule has 1 aromatic heterocycles. The highest BCUT2D eigenvalue weighted by Gasteiger charge is 2.19. The van der Waals surface area contributed by atoms with Crippen molar-refractivity contribution in [2.24, 2.45) is 0 Å². The molecule has 0 atom stereocenters. The number of aryl methyl sites for hydroxylation is 1. The second kappa shape index (κ2) is 8.85. The molecule has 0 saturated carbocycles. The Morgan fingerprint density at radius 3 is 2.50 bits per heavy atom. The molecule has 1 aromatic carbocycles. The van der Waals surface area contributed by atoms with Gasteiger partial charge in [-0.15, -0.1) is 11.3 Å². The maximum absolute atomic E-state index is 12.6. The minimum atomic E-state index is -0.0543. The fourth-order valence-corrected chi connectivity index (χ4v) is 3.79. The number of anilines is 1. The van der Waals surface area contributed by atoms with Gasteiger partial charge in [-0.2, -0.15) is 0 Å². The monoisotopic (exact) mass is 371 g/mol. The average molecular weight is 372 g/mol. The van der Waals surface area contributed by atoms with Gasteiger partial charge in [0.2, 0.25) is 0 Å². The van der Waals surface area contributed by atoms with Gasteiger partial charge in [0.15, 0.2) is 0 Å². The molecule has 2 heterocycles. The summed E-state index contributed by atoms with van der Waals surface area (Å²) in [6, 6.07) is 9.74. The molecule has 0 spiro atoms. The van der Waals surface area contributed by atoms with Gasteiger partial charge in [0.1, 0.15) is 0 Å². The van der Waals surface area contributed by atoms with Crippen LogP contribution in [0.2, 0.25) is 0 Å². The zero-order valence-electron chi connectivity index (χ0n) is 15.1. The van der Waals surface area contributed by atoms with E-state index in [-0.39, 0.29) is 11.8 Å². The van der Waals surface area contributed by atoms with Crippen LogP contribution >= 0.6 is 11.3 Å². The van der Waals surface area contributed by atoms with Gasteiger partial charge in [0, 0.05) is 31.9 Å². The molecule has 26 heavy (non-hydrogen) atoms. The minimum absolute atomic E-state index is 0.0415. The lowest BCUT2D eigenvalue weighted by Gasteiger charge is -2.21. The van der Waals surface area contributed by atoms with Gasteiger partial charge in [-0.3, -0.25) is 9.59 Å². The number of nitrogens with zero attached hydrogens (tertiary/aromatic N) is 1. The predicted molar refractivity (Wildman–Crippen MR) is 106 cm³/mol. The average Bonchev–Trinajstić information content (AvgIpc) is 3.34. The first kappa shape index (κ1) is 18.5. The van der Waals surface area contributed by atoms with Crippen molar-refractivity contribution in [2.75, 3.05) is 31.1 Å². The van der Waals surface area contributed by atoms with Crippen LogP contribution in [0.15, 0.2) is 35.7 Å². The quantitative estimate of drug-likeness (QED) is 0.735. The first-order valence-electron chi connectivity index (χ1n) is 9.10. The van der Waals surface area contributed by atoms with Crippen molar-refractivity contribution >= 4 is 28.8 Å². The summed E-state index contributed by atoms with van der Waals surface area (Å²) in [6.07, 6.45) is 3.06. The molecule has 5 nitrogen and oxygen atoms in total. The third kappa shape index (κ3) is 4.64. The highest BCUT2D eigenvalue weighted by Crippen LogP contribution is 2.25. The number of nitrogens with one attached hydrogen (secondary N) is 2. The maximum atomic E-state index is 12.6. The fraction of sp³-hybridized carbons (Fsp3) is 0.400. The van der Waals surface area contributed by atoms with Crippen LogP contribution in [-0.4, -0.2) is 38.0 Å². The molecular weight excluding hydrogens is 346 g/mol. The number of thiophene rings is 1. The molecule has 1 saturated heterocycles. The lowest BCUT2D eigenvalue weighted by Crippen LogP contribution is -2.31. The van der Waals surface area contributed by atoms with E-state index in [9.17, 15) is 9.59 Å². The topological polar surface area (TPSA) is 61.4 Å². The highest BCUT2D eigenvalue weighted by atomic mass is 32.1. The van der Waals surface area contributed by atoms with Gasteiger partial charge in [0.25, 0.3) is 11.8 Å². The van der Waals surface area contributed by atoms with Crippen molar-refractivity contribution in [3.8, 4) is 0 Å². The zero-order valence-corrected chi connectivity index (χ0v) is 15.9. The van der Waals surface area contributed by atoms with Crippen molar-refractivity contribution < 1.29 is 9.59 Å². The molecule has 0 aliphatic carbocycles. The van der Waals surface area contributed by atoms with Gasteiger partial charge < -0.3 is 15.5 Å². The van der Waals surface area contributed by atoms with Gasteiger partial charge in [-0.1, -0.05) is 17.7 Å². The molecule has 0 unspecified atom stereocenters. The number of hydrogen-bond donors (Lipinski definition) is 2. The van der Waals surface area contributed by atoms with Gasteiger partial charge in [-0.25, -0.2) is 0 Å². The molecule has 1 aliphatic heterocycles. The number of amides is 2. The number of rotatable bonds is 7. The third-order valence-electron chi connectivity index (χ3n) is 4.51. The van der Waals surface area contributed by atoms with E-state index in [1.54, 1.807) is 6.07 Å². The van der Waals surface area contributed by atoms with Crippen molar-refractivity contribution in [1.82, 2.24) is 10.6 Å². The largest absolute Gasteiger partial charge is 0.371 e. The van der Waals surface area contributed by atoms with Crippen molar-refractivity contribution in [3.05, 3.63) is 51.7 Å². The molecule has 138 valence electrons. The van der Waals surface area contributed by atoms with Crippen LogP contribution in [-0.2, 0) is 0 Å². The Morgan fingerprint density at radius 2 is 1.81 bits per heavy atom. The Morgan fingerprint density at radius 1 is 1.08 bits per heavy atom. The van der Waals surface area contributed by atoms with E-state index in [1.165, 1.54) is 24.2 Å². The third-order valence-corrected chi connectivity index (χ3v) is 5.38. The Labute approximate surface area is 158 Å². The van der Waals surface area contributed by atoms with Gasteiger partial charge in [-0.05, 0) is 49.8 Å². The smallest absolute Gasteiger partial charge is 0.261 e. The van der Waals surface area contributed by atoms with E-state index in [0.717, 1.165) is 29.9 Å². The summed E-state index contributed by atoms with van der Waals surface area (Å²) in [5.41, 5.74) is 2.85. The highest BCUT2D eigenvalue weighted by molar-refractivity contribution is 7.12. The molecule has 1 aliphatic rings. The summed E-state index contributed by atoms with van der Waals surface area (Å²) < 4.78 is 0. The molecule has 3 rings (SSSR count). The molecular formula is C20H25N3O2S. The standard InChI is InChI=1S/C20H25N3O2S/c1-15-7-8-17(23-11-2-3-12-23)16(14-15)19(24)21-9-5-10-22-20(25)18-6-4-13-26-18/h4,6-8,13-14H,2-3,5,9-12H2,1H3,(H,21,24)(H,22,25). The molecule has 2 N–H and O–H groups in total. The Hall–Kier alpha value is -2.34. The van der Waals surface area contributed by atoms with Crippen LogP contribution in [0.3, 0.4) is 0 Å². The normalized spacial score (nSPS) is 13.7. The molecule has 6 heteroatoms. The van der Waals surface area contributed by atoms with Crippen LogP contribution in [0.4, 0.5) is 5.69 Å². The van der Waals surface area contributed by atoms with Crippen molar-refractivity contribution in [1.29, 1.82) is 0 Å². The second-order valence-corrected chi connectivity index (χ2v) is 7.51. The van der Waals surface area contributed by atoms with E-state index in [0.29, 0.717) is 24.4 Å². The number of benzene rings is 1. The second-order valence-electron chi connectivity index (χ2n) is 6.56. The van der Waals surface area contributed by atoms with Crippen LogP contribution in [0, 0.1) is 6.92 Å². The van der Waals surface area contributed by atoms with Crippen LogP contribution < -0.4 is 15.5 Å². The van der Waals surface area contributed by atoms with E-state index >= 15 is 0 Å². The molecule has 2 aromatic rings. The zero-order chi connectivity index (χ0) is 18.4. The summed E-state index contributed by atoms with van der Waals surface area (Å²) >= 11 is 1.43. The van der Waals surface area contributed by atoms with Crippen molar-refractivity contribution in [3.63, 3.8) is 0 Å². The Bertz CT molecular complexity index is 752. The summed E-state index contributed by atoms with van der Waals surface area (Å²) in [5.74, 6) is -0.0958. The Balaban J connectivity index is 1.49.